The summed E-state index contributed by atoms with van der Waals surface area (Å²) in [7, 11) is -3.38. The number of ether oxygens (including phenoxy) is 1. The van der Waals surface area contributed by atoms with Crippen LogP contribution in [0.25, 0.3) is 0 Å². The van der Waals surface area contributed by atoms with Crippen LogP contribution in [0.3, 0.4) is 0 Å². The Morgan fingerprint density at radius 3 is 2.95 bits per heavy atom. The van der Waals surface area contributed by atoms with Gasteiger partial charge < -0.3 is 15.0 Å². The molecule has 2 heterocycles. The first-order valence-corrected chi connectivity index (χ1v) is 7.86. The summed E-state index contributed by atoms with van der Waals surface area (Å²) in [5.41, 5.74) is 1.13. The van der Waals surface area contributed by atoms with Crippen molar-refractivity contribution >= 4 is 27.1 Å². The number of para-hydroxylation sites is 1. The van der Waals surface area contributed by atoms with E-state index in [1.54, 1.807) is 6.07 Å². The van der Waals surface area contributed by atoms with Gasteiger partial charge in [-0.25, -0.2) is 8.42 Å². The van der Waals surface area contributed by atoms with Gasteiger partial charge >= 0.3 is 0 Å². The fraction of sp³-hybridized carbons (Fsp3) is 0.417. The van der Waals surface area contributed by atoms with Crippen LogP contribution in [0.2, 0.25) is 0 Å². The molecule has 0 aliphatic carbocycles. The highest BCUT2D eigenvalue weighted by atomic mass is 32.2. The molecule has 3 rings (SSSR count). The Morgan fingerprint density at radius 1 is 1.42 bits per heavy atom. The minimum Gasteiger partial charge on any atom is -0.377 e. The third-order valence-electron chi connectivity index (χ3n) is 3.39. The third-order valence-corrected chi connectivity index (χ3v) is 4.53. The largest absolute Gasteiger partial charge is 0.377 e. The Labute approximate surface area is 111 Å². The maximum atomic E-state index is 12.0. The lowest BCUT2D eigenvalue weighted by atomic mass is 10.1. The SMILES string of the molecule is CS(=O)(=O)c1cccc2c1NC(=O)C1COCCN21. The normalized spacial score (nSPS) is 22.5. The number of carbonyl (C=O) groups excluding carboxylic acids is 1. The van der Waals surface area contributed by atoms with E-state index in [1.807, 2.05) is 11.0 Å². The minimum absolute atomic E-state index is 0.156. The monoisotopic (exact) mass is 282 g/mol. The van der Waals surface area contributed by atoms with Gasteiger partial charge in [-0.2, -0.15) is 0 Å². The molecule has 1 N–H and O–H groups in total. The topological polar surface area (TPSA) is 75.7 Å². The predicted octanol–water partition coefficient (Wildman–Crippen LogP) is 0.247. The summed E-state index contributed by atoms with van der Waals surface area (Å²) < 4.78 is 28.9. The molecule has 1 fully saturated rings. The quantitative estimate of drug-likeness (QED) is 0.799. The number of hydrogen-bond acceptors (Lipinski definition) is 5. The molecule has 0 aromatic heterocycles. The number of hydrogen-bond donors (Lipinski definition) is 1. The maximum absolute atomic E-state index is 12.0. The van der Waals surface area contributed by atoms with Gasteiger partial charge in [0.05, 0.1) is 29.5 Å². The zero-order valence-corrected chi connectivity index (χ0v) is 11.2. The molecule has 2 aliphatic rings. The molecule has 0 bridgehead atoms. The van der Waals surface area contributed by atoms with E-state index in [2.05, 4.69) is 5.32 Å². The van der Waals surface area contributed by atoms with Crippen LogP contribution in [0.15, 0.2) is 23.1 Å². The van der Waals surface area contributed by atoms with Crippen molar-refractivity contribution in [3.63, 3.8) is 0 Å². The van der Waals surface area contributed by atoms with Gasteiger partial charge in [-0.3, -0.25) is 4.79 Å². The molecule has 0 spiro atoms. The number of rotatable bonds is 1. The molecule has 102 valence electrons. The van der Waals surface area contributed by atoms with E-state index in [1.165, 1.54) is 6.07 Å². The number of fused-ring (bicyclic) bond motifs is 3. The fourth-order valence-corrected chi connectivity index (χ4v) is 3.36. The molecule has 7 heteroatoms. The summed E-state index contributed by atoms with van der Waals surface area (Å²) in [6.07, 6.45) is 1.14. The lowest BCUT2D eigenvalue weighted by Crippen LogP contribution is -2.55. The number of sulfone groups is 1. The Balaban J connectivity index is 2.17. The summed E-state index contributed by atoms with van der Waals surface area (Å²) >= 11 is 0. The number of anilines is 2. The van der Waals surface area contributed by atoms with Crippen molar-refractivity contribution < 1.29 is 17.9 Å². The molecule has 1 saturated heterocycles. The fourth-order valence-electron chi connectivity index (χ4n) is 2.51. The molecular formula is C12H14N2O4S. The van der Waals surface area contributed by atoms with E-state index in [0.29, 0.717) is 25.4 Å². The van der Waals surface area contributed by atoms with Crippen LogP contribution in [-0.2, 0) is 19.4 Å². The van der Waals surface area contributed by atoms with Gasteiger partial charge in [-0.1, -0.05) is 6.07 Å². The number of nitrogens with zero attached hydrogens (tertiary/aromatic N) is 1. The van der Waals surface area contributed by atoms with Crippen LogP contribution in [0.4, 0.5) is 11.4 Å². The first-order valence-electron chi connectivity index (χ1n) is 5.97. The lowest BCUT2D eigenvalue weighted by Gasteiger charge is -2.41. The average Bonchev–Trinajstić information content (AvgIpc) is 2.37. The highest BCUT2D eigenvalue weighted by molar-refractivity contribution is 7.90. The smallest absolute Gasteiger partial charge is 0.249 e. The van der Waals surface area contributed by atoms with E-state index in [-0.39, 0.29) is 16.8 Å². The van der Waals surface area contributed by atoms with Crippen molar-refractivity contribution in [2.75, 3.05) is 36.2 Å². The molecule has 19 heavy (non-hydrogen) atoms. The summed E-state index contributed by atoms with van der Waals surface area (Å²) in [5.74, 6) is -0.219. The van der Waals surface area contributed by atoms with Crippen molar-refractivity contribution in [1.29, 1.82) is 0 Å². The van der Waals surface area contributed by atoms with Crippen LogP contribution >= 0.6 is 0 Å². The summed E-state index contributed by atoms with van der Waals surface area (Å²) in [6.45, 7) is 1.44. The predicted molar refractivity (Wildman–Crippen MR) is 70.1 cm³/mol. The van der Waals surface area contributed by atoms with Gasteiger partial charge in [0.2, 0.25) is 5.91 Å². The second kappa shape index (κ2) is 4.21. The van der Waals surface area contributed by atoms with Gasteiger partial charge in [0.25, 0.3) is 0 Å². The van der Waals surface area contributed by atoms with Gasteiger partial charge in [-0.15, -0.1) is 0 Å². The number of nitrogens with one attached hydrogen (secondary N) is 1. The number of benzene rings is 1. The van der Waals surface area contributed by atoms with Gasteiger partial charge in [0.1, 0.15) is 6.04 Å². The number of carbonyl (C=O) groups is 1. The van der Waals surface area contributed by atoms with Crippen LogP contribution < -0.4 is 10.2 Å². The summed E-state index contributed by atoms with van der Waals surface area (Å²) in [4.78, 5) is 14.1. The third kappa shape index (κ3) is 1.98. The summed E-state index contributed by atoms with van der Waals surface area (Å²) in [5, 5.41) is 2.69. The molecule has 6 nitrogen and oxygen atoms in total. The first-order chi connectivity index (χ1) is 8.98. The zero-order valence-electron chi connectivity index (χ0n) is 10.4. The van der Waals surface area contributed by atoms with Gasteiger partial charge in [0.15, 0.2) is 9.84 Å². The molecule has 1 amide bonds. The zero-order chi connectivity index (χ0) is 13.6. The lowest BCUT2D eigenvalue weighted by molar-refractivity contribution is -0.119. The first kappa shape index (κ1) is 12.4. The molecular weight excluding hydrogens is 268 g/mol. The molecule has 1 aromatic rings. The van der Waals surface area contributed by atoms with Crippen LogP contribution in [0.5, 0.6) is 0 Å². The van der Waals surface area contributed by atoms with Crippen molar-refractivity contribution in [2.45, 2.75) is 10.9 Å². The Hall–Kier alpha value is -1.60. The highest BCUT2D eigenvalue weighted by Crippen LogP contribution is 2.37. The second-order valence-corrected chi connectivity index (χ2v) is 6.68. The number of amides is 1. The number of morpholine rings is 1. The molecule has 1 atom stereocenters. The Kier molecular flexibility index (Phi) is 2.75. The van der Waals surface area contributed by atoms with Crippen LogP contribution in [0, 0.1) is 0 Å². The second-order valence-electron chi connectivity index (χ2n) is 4.70. The minimum atomic E-state index is -3.38. The molecule has 2 aliphatic heterocycles. The standard InChI is InChI=1S/C12H14N2O4S/c1-19(16,17)10-4-2-3-8-11(10)13-12(15)9-7-18-6-5-14(8)9/h2-4,9H,5-7H2,1H3,(H,13,15). The van der Waals surface area contributed by atoms with E-state index >= 15 is 0 Å². The van der Waals surface area contributed by atoms with E-state index < -0.39 is 9.84 Å². The van der Waals surface area contributed by atoms with E-state index in [0.717, 1.165) is 11.9 Å². The highest BCUT2D eigenvalue weighted by Gasteiger charge is 2.37. The molecule has 1 unspecified atom stereocenters. The summed E-state index contributed by atoms with van der Waals surface area (Å²) in [6, 6.07) is 4.65. The maximum Gasteiger partial charge on any atom is 0.249 e. The molecule has 0 radical (unpaired) electrons. The molecule has 1 aromatic carbocycles. The van der Waals surface area contributed by atoms with Crippen LogP contribution in [0.1, 0.15) is 0 Å². The van der Waals surface area contributed by atoms with Crippen molar-refractivity contribution in [3.05, 3.63) is 18.2 Å². The van der Waals surface area contributed by atoms with E-state index in [4.69, 9.17) is 4.74 Å². The van der Waals surface area contributed by atoms with Gasteiger partial charge in [0, 0.05) is 12.8 Å². The molecule has 0 saturated carbocycles. The van der Waals surface area contributed by atoms with Gasteiger partial charge in [-0.05, 0) is 12.1 Å². The Morgan fingerprint density at radius 2 is 2.21 bits per heavy atom. The van der Waals surface area contributed by atoms with Crippen molar-refractivity contribution in [3.8, 4) is 0 Å². The van der Waals surface area contributed by atoms with Crippen molar-refractivity contribution in [2.24, 2.45) is 0 Å². The van der Waals surface area contributed by atoms with Crippen molar-refractivity contribution in [1.82, 2.24) is 0 Å². The average molecular weight is 282 g/mol. The van der Waals surface area contributed by atoms with Crippen LogP contribution in [-0.4, -0.2) is 46.4 Å². The van der Waals surface area contributed by atoms with E-state index in [9.17, 15) is 13.2 Å². The Bertz CT molecular complexity index is 641.